The van der Waals surface area contributed by atoms with E-state index in [0.29, 0.717) is 24.9 Å². The van der Waals surface area contributed by atoms with Crippen molar-refractivity contribution in [2.24, 2.45) is 0 Å². The molecule has 3 aromatic carbocycles. The maximum atomic E-state index is 12.6. The summed E-state index contributed by atoms with van der Waals surface area (Å²) in [6, 6.07) is 27.2. The molecule has 0 bridgehead atoms. The van der Waals surface area contributed by atoms with Crippen LogP contribution in [0.5, 0.6) is 0 Å². The van der Waals surface area contributed by atoms with Crippen LogP contribution in [0.2, 0.25) is 0 Å². The molecule has 178 valence electrons. The molecule has 6 nitrogen and oxygen atoms in total. The van der Waals surface area contributed by atoms with E-state index in [1.165, 1.54) is 0 Å². The van der Waals surface area contributed by atoms with Gasteiger partial charge in [-0.1, -0.05) is 85.6 Å². The predicted octanol–water partition coefficient (Wildman–Crippen LogP) is 4.20. The van der Waals surface area contributed by atoms with E-state index in [1.807, 2.05) is 72.8 Å². The van der Waals surface area contributed by atoms with Gasteiger partial charge in [-0.2, -0.15) is 0 Å². The highest BCUT2D eigenvalue weighted by Crippen LogP contribution is 2.38. The number of unbranched alkanes of at least 4 members (excludes halogenated alkanes) is 3. The first-order valence-electron chi connectivity index (χ1n) is 11.7. The van der Waals surface area contributed by atoms with Crippen LogP contribution in [0.3, 0.4) is 0 Å². The second-order valence-corrected chi connectivity index (χ2v) is 8.33. The first-order chi connectivity index (χ1) is 16.6. The fourth-order valence-corrected chi connectivity index (χ4v) is 4.25. The molecule has 0 aromatic heterocycles. The summed E-state index contributed by atoms with van der Waals surface area (Å²) in [7, 11) is 0. The Balaban J connectivity index is 1.67. The van der Waals surface area contributed by atoms with E-state index < -0.39 is 5.41 Å². The van der Waals surface area contributed by atoms with E-state index in [0.717, 1.165) is 36.0 Å². The number of nitrogens with one attached hydrogen (secondary N) is 2. The smallest absolute Gasteiger partial charge is 0.251 e. The number of carbonyl (C=O) groups excluding carboxylic acids is 2. The molecule has 3 rings (SSSR count). The van der Waals surface area contributed by atoms with Gasteiger partial charge < -0.3 is 10.4 Å². The van der Waals surface area contributed by atoms with Gasteiger partial charge in [-0.25, -0.2) is 5.48 Å². The van der Waals surface area contributed by atoms with Crippen LogP contribution in [0.4, 0.5) is 0 Å². The minimum absolute atomic E-state index is 0.105. The number of carbonyl (C=O) groups is 2. The Hall–Kier alpha value is -3.48. The summed E-state index contributed by atoms with van der Waals surface area (Å²) >= 11 is 0. The lowest BCUT2D eigenvalue weighted by atomic mass is 9.70. The standard InChI is InChI=1S/C28H32N2O4/c31-21-28(23-11-5-3-6-12-23,24-13-7-4-8-14-24)25-18-16-22(17-19-25)27(33)29-20-10-2-1-9-15-26(32)30-34/h3-8,11-14,16-19,31,34H,1-2,9-10,15,20-21H2,(H,29,33)(H,30,32). The van der Waals surface area contributed by atoms with Gasteiger partial charge in [0.1, 0.15) is 0 Å². The van der Waals surface area contributed by atoms with Gasteiger partial charge in [-0.3, -0.25) is 14.8 Å². The molecular formula is C28H32N2O4. The van der Waals surface area contributed by atoms with Crippen molar-refractivity contribution in [3.8, 4) is 0 Å². The minimum Gasteiger partial charge on any atom is -0.395 e. The van der Waals surface area contributed by atoms with Crippen LogP contribution in [-0.2, 0) is 10.2 Å². The molecule has 4 N–H and O–H groups in total. The third kappa shape index (κ3) is 6.10. The first-order valence-corrected chi connectivity index (χ1v) is 11.7. The predicted molar refractivity (Wildman–Crippen MR) is 132 cm³/mol. The third-order valence-corrected chi connectivity index (χ3v) is 6.15. The second-order valence-electron chi connectivity index (χ2n) is 8.33. The van der Waals surface area contributed by atoms with Crippen LogP contribution in [0.25, 0.3) is 0 Å². The quantitative estimate of drug-likeness (QED) is 0.141. The molecule has 0 saturated heterocycles. The molecule has 2 amide bonds. The number of hydrogen-bond acceptors (Lipinski definition) is 4. The lowest BCUT2D eigenvalue weighted by molar-refractivity contribution is -0.129. The summed E-state index contributed by atoms with van der Waals surface area (Å²) in [5, 5.41) is 22.1. The van der Waals surface area contributed by atoms with E-state index in [2.05, 4.69) is 5.32 Å². The lowest BCUT2D eigenvalue weighted by Crippen LogP contribution is -2.33. The summed E-state index contributed by atoms with van der Waals surface area (Å²) in [5.41, 5.74) is 4.34. The van der Waals surface area contributed by atoms with Crippen LogP contribution in [0.15, 0.2) is 84.9 Å². The Morgan fingerprint density at radius 2 is 1.24 bits per heavy atom. The van der Waals surface area contributed by atoms with E-state index in [9.17, 15) is 14.7 Å². The largest absolute Gasteiger partial charge is 0.395 e. The average Bonchev–Trinajstić information content (AvgIpc) is 2.90. The van der Waals surface area contributed by atoms with Crippen molar-refractivity contribution in [1.29, 1.82) is 0 Å². The minimum atomic E-state index is -0.732. The molecule has 0 radical (unpaired) electrons. The molecule has 0 aliphatic heterocycles. The van der Waals surface area contributed by atoms with Gasteiger partial charge in [-0.05, 0) is 41.7 Å². The first kappa shape index (κ1) is 25.1. The number of hydrogen-bond donors (Lipinski definition) is 4. The molecule has 0 atom stereocenters. The number of aliphatic hydroxyl groups excluding tert-OH is 1. The van der Waals surface area contributed by atoms with E-state index in [4.69, 9.17) is 5.21 Å². The maximum Gasteiger partial charge on any atom is 0.251 e. The zero-order valence-electron chi connectivity index (χ0n) is 19.2. The van der Waals surface area contributed by atoms with Crippen LogP contribution in [-0.4, -0.2) is 35.3 Å². The van der Waals surface area contributed by atoms with Crippen molar-refractivity contribution in [3.05, 3.63) is 107 Å². The van der Waals surface area contributed by atoms with E-state index >= 15 is 0 Å². The molecule has 34 heavy (non-hydrogen) atoms. The number of rotatable bonds is 12. The van der Waals surface area contributed by atoms with E-state index in [1.54, 1.807) is 17.6 Å². The summed E-state index contributed by atoms with van der Waals surface area (Å²) in [6.07, 6.45) is 3.58. The number of hydroxylamine groups is 1. The summed E-state index contributed by atoms with van der Waals surface area (Å²) < 4.78 is 0. The molecule has 6 heteroatoms. The summed E-state index contributed by atoms with van der Waals surface area (Å²) in [6.45, 7) is 0.452. The fraction of sp³-hybridized carbons (Fsp3) is 0.286. The third-order valence-electron chi connectivity index (χ3n) is 6.15. The van der Waals surface area contributed by atoms with Crippen molar-refractivity contribution in [2.75, 3.05) is 13.2 Å². The van der Waals surface area contributed by atoms with Gasteiger partial charge in [0, 0.05) is 18.5 Å². The fourth-order valence-electron chi connectivity index (χ4n) is 4.25. The molecule has 0 fully saturated rings. The molecule has 3 aromatic rings. The highest BCUT2D eigenvalue weighted by atomic mass is 16.5. The van der Waals surface area contributed by atoms with Crippen LogP contribution < -0.4 is 10.8 Å². The van der Waals surface area contributed by atoms with Crippen molar-refractivity contribution < 1.29 is 19.9 Å². The molecule has 0 aliphatic rings. The van der Waals surface area contributed by atoms with Crippen LogP contribution >= 0.6 is 0 Å². The Labute approximate surface area is 200 Å². The number of benzene rings is 3. The molecule has 0 spiro atoms. The molecule has 0 saturated carbocycles. The van der Waals surface area contributed by atoms with Crippen LogP contribution in [0.1, 0.15) is 59.2 Å². The Kier molecular flexibility index (Phi) is 9.38. The summed E-state index contributed by atoms with van der Waals surface area (Å²) in [5.74, 6) is -0.512. The normalized spacial score (nSPS) is 11.1. The average molecular weight is 461 g/mol. The van der Waals surface area contributed by atoms with Gasteiger partial charge in [0.2, 0.25) is 5.91 Å². The van der Waals surface area contributed by atoms with Gasteiger partial charge in [-0.15, -0.1) is 0 Å². The Bertz CT molecular complexity index is 998. The summed E-state index contributed by atoms with van der Waals surface area (Å²) in [4.78, 5) is 23.6. The van der Waals surface area contributed by atoms with Gasteiger partial charge in [0.15, 0.2) is 0 Å². The number of amides is 2. The highest BCUT2D eigenvalue weighted by Gasteiger charge is 2.35. The zero-order chi connectivity index (χ0) is 24.2. The van der Waals surface area contributed by atoms with Gasteiger partial charge in [0.25, 0.3) is 5.91 Å². The second kappa shape index (κ2) is 12.7. The molecule has 0 heterocycles. The monoisotopic (exact) mass is 460 g/mol. The Morgan fingerprint density at radius 3 is 1.76 bits per heavy atom. The van der Waals surface area contributed by atoms with Crippen molar-refractivity contribution in [2.45, 2.75) is 37.5 Å². The highest BCUT2D eigenvalue weighted by molar-refractivity contribution is 5.94. The zero-order valence-corrected chi connectivity index (χ0v) is 19.2. The molecule has 0 aliphatic carbocycles. The van der Waals surface area contributed by atoms with Gasteiger partial charge in [0.05, 0.1) is 12.0 Å². The lowest BCUT2D eigenvalue weighted by Gasteiger charge is -2.34. The number of aliphatic hydroxyl groups is 1. The SMILES string of the molecule is O=C(CCCCCCNC(=O)c1ccc(C(CO)(c2ccccc2)c2ccccc2)cc1)NO. The van der Waals surface area contributed by atoms with Gasteiger partial charge >= 0.3 is 0 Å². The topological polar surface area (TPSA) is 98.7 Å². The van der Waals surface area contributed by atoms with Crippen molar-refractivity contribution >= 4 is 11.8 Å². The molecular weight excluding hydrogens is 428 g/mol. The molecule has 0 unspecified atom stereocenters. The Morgan fingerprint density at radius 1 is 0.706 bits per heavy atom. The van der Waals surface area contributed by atoms with E-state index in [-0.39, 0.29) is 18.4 Å². The maximum absolute atomic E-state index is 12.6. The van der Waals surface area contributed by atoms with Crippen LogP contribution in [0, 0.1) is 0 Å². The van der Waals surface area contributed by atoms with Crippen molar-refractivity contribution in [1.82, 2.24) is 10.8 Å². The van der Waals surface area contributed by atoms with Crippen molar-refractivity contribution in [3.63, 3.8) is 0 Å².